The third kappa shape index (κ3) is 3.50. The van der Waals surface area contributed by atoms with Crippen LogP contribution in [0.25, 0.3) is 0 Å². The van der Waals surface area contributed by atoms with Crippen LogP contribution in [-0.4, -0.2) is 63.7 Å². The molecule has 0 saturated carbocycles. The maximum absolute atomic E-state index is 12.4. The first-order valence-corrected chi connectivity index (χ1v) is 7.60. The second-order valence-corrected chi connectivity index (χ2v) is 5.39. The van der Waals surface area contributed by atoms with Gasteiger partial charge in [0.15, 0.2) is 0 Å². The van der Waals surface area contributed by atoms with Crippen molar-refractivity contribution in [2.75, 3.05) is 31.6 Å². The van der Waals surface area contributed by atoms with Gasteiger partial charge in [0.1, 0.15) is 18.6 Å². The molecular formula is C15H18N6O3. The summed E-state index contributed by atoms with van der Waals surface area (Å²) in [7, 11) is 1.59. The van der Waals surface area contributed by atoms with E-state index < -0.39 is 0 Å². The maximum atomic E-state index is 12.4. The fraction of sp³-hybridized carbons (Fsp3) is 0.400. The second-order valence-electron chi connectivity index (χ2n) is 5.39. The molecule has 2 heterocycles. The third-order valence-electron chi connectivity index (χ3n) is 3.88. The van der Waals surface area contributed by atoms with Crippen LogP contribution in [0.4, 0.5) is 5.69 Å². The molecule has 9 heteroatoms. The van der Waals surface area contributed by atoms with Gasteiger partial charge in [-0.05, 0) is 22.6 Å². The van der Waals surface area contributed by atoms with Crippen molar-refractivity contribution in [3.8, 4) is 5.75 Å². The number of anilines is 1. The first kappa shape index (κ1) is 15.9. The Balaban J connectivity index is 1.58. The average molecular weight is 330 g/mol. The van der Waals surface area contributed by atoms with E-state index in [1.54, 1.807) is 16.9 Å². The molecule has 1 aliphatic rings. The summed E-state index contributed by atoms with van der Waals surface area (Å²) in [5.74, 6) is 0.509. The minimum atomic E-state index is -0.106. The number of ether oxygens (including phenoxy) is 1. The molecule has 0 unspecified atom stereocenters. The molecule has 2 amide bonds. The molecule has 1 aromatic carbocycles. The number of benzene rings is 1. The first-order valence-electron chi connectivity index (χ1n) is 7.60. The average Bonchev–Trinajstić information content (AvgIpc) is 3.13. The number of piperazine rings is 1. The number of aromatic nitrogens is 4. The smallest absolute Gasteiger partial charge is 0.246 e. The number of nitrogens with zero attached hydrogens (tertiary/aromatic N) is 6. The molecule has 0 atom stereocenters. The van der Waals surface area contributed by atoms with Gasteiger partial charge in [-0.15, -0.1) is 5.10 Å². The summed E-state index contributed by atoms with van der Waals surface area (Å²) in [6, 6.07) is 7.33. The summed E-state index contributed by atoms with van der Waals surface area (Å²) in [6.07, 6.45) is 1.72. The van der Waals surface area contributed by atoms with Crippen LogP contribution >= 0.6 is 0 Å². The Hall–Kier alpha value is -2.97. The van der Waals surface area contributed by atoms with Gasteiger partial charge in [0.2, 0.25) is 11.8 Å². The van der Waals surface area contributed by atoms with Crippen LogP contribution < -0.4 is 9.64 Å². The highest BCUT2D eigenvalue weighted by Crippen LogP contribution is 2.22. The zero-order chi connectivity index (χ0) is 16.9. The molecular weight excluding hydrogens is 312 g/mol. The fourth-order valence-electron chi connectivity index (χ4n) is 2.59. The van der Waals surface area contributed by atoms with Gasteiger partial charge in [0.25, 0.3) is 0 Å². The molecule has 1 aliphatic heterocycles. The molecule has 9 nitrogen and oxygen atoms in total. The molecule has 0 aliphatic carbocycles. The highest BCUT2D eigenvalue weighted by molar-refractivity contribution is 5.98. The highest BCUT2D eigenvalue weighted by Gasteiger charge is 2.28. The SMILES string of the molecule is COc1cccc(N2CCN(C(=O)CCn3cnnn3)CC2=O)c1. The Bertz CT molecular complexity index is 718. The lowest BCUT2D eigenvalue weighted by Gasteiger charge is -2.34. The van der Waals surface area contributed by atoms with Gasteiger partial charge in [0, 0.05) is 31.3 Å². The molecule has 0 bridgehead atoms. The number of hydrogen-bond acceptors (Lipinski definition) is 6. The molecule has 0 radical (unpaired) electrons. The molecule has 3 rings (SSSR count). The number of hydrogen-bond donors (Lipinski definition) is 0. The van der Waals surface area contributed by atoms with Crippen LogP contribution in [0.15, 0.2) is 30.6 Å². The van der Waals surface area contributed by atoms with Crippen molar-refractivity contribution < 1.29 is 14.3 Å². The Morgan fingerprint density at radius 2 is 2.21 bits per heavy atom. The van der Waals surface area contributed by atoms with Gasteiger partial charge in [-0.25, -0.2) is 4.68 Å². The van der Waals surface area contributed by atoms with E-state index in [1.807, 2.05) is 24.3 Å². The number of carbonyl (C=O) groups excluding carboxylic acids is 2. The summed E-state index contributed by atoms with van der Waals surface area (Å²) in [6.45, 7) is 1.43. The standard InChI is InChI=1S/C15H18N6O3/c1-24-13-4-2-3-12(9-13)21-8-7-19(10-15(21)23)14(22)5-6-20-11-16-17-18-20/h2-4,9,11H,5-8,10H2,1H3. The van der Waals surface area contributed by atoms with Gasteiger partial charge in [0.05, 0.1) is 13.7 Å². The van der Waals surface area contributed by atoms with Gasteiger partial charge in [-0.3, -0.25) is 9.59 Å². The quantitative estimate of drug-likeness (QED) is 0.763. The van der Waals surface area contributed by atoms with E-state index >= 15 is 0 Å². The molecule has 0 spiro atoms. The van der Waals surface area contributed by atoms with E-state index in [1.165, 1.54) is 11.0 Å². The predicted molar refractivity (Wildman–Crippen MR) is 84.4 cm³/mol. The minimum Gasteiger partial charge on any atom is -0.497 e. The van der Waals surface area contributed by atoms with E-state index in [2.05, 4.69) is 15.5 Å². The number of tetrazole rings is 1. The minimum absolute atomic E-state index is 0.0750. The van der Waals surface area contributed by atoms with Crippen molar-refractivity contribution >= 4 is 17.5 Å². The number of rotatable bonds is 5. The summed E-state index contributed by atoms with van der Waals surface area (Å²) in [5, 5.41) is 10.8. The maximum Gasteiger partial charge on any atom is 0.246 e. The molecule has 24 heavy (non-hydrogen) atoms. The van der Waals surface area contributed by atoms with Gasteiger partial charge in [-0.1, -0.05) is 6.07 Å². The van der Waals surface area contributed by atoms with Crippen molar-refractivity contribution in [2.24, 2.45) is 0 Å². The van der Waals surface area contributed by atoms with Gasteiger partial charge >= 0.3 is 0 Å². The highest BCUT2D eigenvalue weighted by atomic mass is 16.5. The van der Waals surface area contributed by atoms with E-state index in [-0.39, 0.29) is 24.8 Å². The van der Waals surface area contributed by atoms with Crippen molar-refractivity contribution in [3.63, 3.8) is 0 Å². The van der Waals surface area contributed by atoms with Crippen LogP contribution in [0, 0.1) is 0 Å². The fourth-order valence-corrected chi connectivity index (χ4v) is 2.59. The lowest BCUT2D eigenvalue weighted by atomic mass is 10.2. The zero-order valence-electron chi connectivity index (χ0n) is 13.3. The number of methoxy groups -OCH3 is 1. The van der Waals surface area contributed by atoms with Crippen molar-refractivity contribution in [2.45, 2.75) is 13.0 Å². The number of aryl methyl sites for hydroxylation is 1. The van der Waals surface area contributed by atoms with Gasteiger partial charge in [-0.2, -0.15) is 0 Å². The monoisotopic (exact) mass is 330 g/mol. The van der Waals surface area contributed by atoms with E-state index in [0.717, 1.165) is 5.69 Å². The lowest BCUT2D eigenvalue weighted by molar-refractivity contribution is -0.137. The Morgan fingerprint density at radius 1 is 1.33 bits per heavy atom. The van der Waals surface area contributed by atoms with E-state index in [9.17, 15) is 9.59 Å². The lowest BCUT2D eigenvalue weighted by Crippen LogP contribution is -2.52. The van der Waals surface area contributed by atoms with Crippen LogP contribution in [-0.2, 0) is 16.1 Å². The molecule has 0 N–H and O–H groups in total. The first-order chi connectivity index (χ1) is 11.7. The predicted octanol–water partition coefficient (Wildman–Crippen LogP) is -0.0528. The molecule has 126 valence electrons. The third-order valence-corrected chi connectivity index (χ3v) is 3.88. The van der Waals surface area contributed by atoms with E-state index in [0.29, 0.717) is 25.4 Å². The van der Waals surface area contributed by atoms with Crippen LogP contribution in [0.5, 0.6) is 5.75 Å². The normalized spacial score (nSPS) is 14.8. The number of amides is 2. The molecule has 1 aromatic heterocycles. The van der Waals surface area contributed by atoms with E-state index in [4.69, 9.17) is 4.74 Å². The summed E-state index contributed by atoms with van der Waals surface area (Å²) >= 11 is 0. The Labute approximate surface area is 138 Å². The number of carbonyl (C=O) groups is 2. The molecule has 1 fully saturated rings. The molecule has 1 saturated heterocycles. The topological polar surface area (TPSA) is 93.4 Å². The van der Waals surface area contributed by atoms with Crippen LogP contribution in [0.1, 0.15) is 6.42 Å². The van der Waals surface area contributed by atoms with Crippen LogP contribution in [0.2, 0.25) is 0 Å². The summed E-state index contributed by atoms with van der Waals surface area (Å²) < 4.78 is 6.68. The second kappa shape index (κ2) is 7.07. The Morgan fingerprint density at radius 3 is 2.92 bits per heavy atom. The Kier molecular flexibility index (Phi) is 4.69. The van der Waals surface area contributed by atoms with Crippen molar-refractivity contribution in [1.29, 1.82) is 0 Å². The van der Waals surface area contributed by atoms with Crippen LogP contribution in [0.3, 0.4) is 0 Å². The largest absolute Gasteiger partial charge is 0.497 e. The van der Waals surface area contributed by atoms with Crippen molar-refractivity contribution in [3.05, 3.63) is 30.6 Å². The van der Waals surface area contributed by atoms with Gasteiger partial charge < -0.3 is 14.5 Å². The molecule has 2 aromatic rings. The van der Waals surface area contributed by atoms with Crippen molar-refractivity contribution in [1.82, 2.24) is 25.1 Å². The summed E-state index contributed by atoms with van der Waals surface area (Å²) in [4.78, 5) is 27.9. The zero-order valence-corrected chi connectivity index (χ0v) is 13.3. The summed E-state index contributed by atoms with van der Waals surface area (Å²) in [5.41, 5.74) is 0.778.